The minimum atomic E-state index is -4.22. The van der Waals surface area contributed by atoms with Crippen LogP contribution >= 0.6 is 0 Å². The fourth-order valence-electron chi connectivity index (χ4n) is 5.49. The minimum absolute atomic E-state index is 0.110. The maximum atomic E-state index is 12.9. The number of rotatable bonds is 5. The van der Waals surface area contributed by atoms with Gasteiger partial charge in [-0.15, -0.1) is 0 Å². The van der Waals surface area contributed by atoms with Crippen LogP contribution in [0.3, 0.4) is 0 Å². The number of hydrogen-bond acceptors (Lipinski definition) is 6. The van der Waals surface area contributed by atoms with E-state index >= 15 is 0 Å². The van der Waals surface area contributed by atoms with Gasteiger partial charge >= 0.3 is 12.2 Å². The molecule has 0 aliphatic carbocycles. The zero-order chi connectivity index (χ0) is 26.9. The third-order valence-corrected chi connectivity index (χ3v) is 7.58. The summed E-state index contributed by atoms with van der Waals surface area (Å²) in [4.78, 5) is 23.7. The molecule has 0 radical (unpaired) electrons. The molecule has 4 heterocycles. The summed E-state index contributed by atoms with van der Waals surface area (Å²) in [6, 6.07) is 9.58. The van der Waals surface area contributed by atoms with Gasteiger partial charge in [0.15, 0.2) is 0 Å². The molecule has 0 unspecified atom stereocenters. The number of alkyl halides is 3. The molecule has 0 bridgehead atoms. The number of halogens is 3. The van der Waals surface area contributed by atoms with E-state index in [1.165, 1.54) is 4.90 Å². The lowest BCUT2D eigenvalue weighted by Crippen LogP contribution is -2.37. The highest BCUT2D eigenvalue weighted by Gasteiger charge is 2.36. The maximum Gasteiger partial charge on any atom is 0.389 e. The molecule has 1 aromatic carbocycles. The van der Waals surface area contributed by atoms with Crippen molar-refractivity contribution >= 4 is 23.4 Å². The van der Waals surface area contributed by atoms with E-state index in [0.29, 0.717) is 31.9 Å². The molecule has 3 aliphatic heterocycles. The van der Waals surface area contributed by atoms with Crippen LogP contribution < -0.4 is 20.9 Å². The maximum absolute atomic E-state index is 12.9. The van der Waals surface area contributed by atoms with Crippen LogP contribution in [-0.2, 0) is 4.74 Å². The number of benzene rings is 1. The van der Waals surface area contributed by atoms with Crippen molar-refractivity contribution in [1.29, 1.82) is 0 Å². The van der Waals surface area contributed by atoms with E-state index in [1.807, 2.05) is 25.1 Å². The van der Waals surface area contributed by atoms with Gasteiger partial charge in [0.2, 0.25) is 0 Å². The van der Waals surface area contributed by atoms with Gasteiger partial charge in [0.05, 0.1) is 13.2 Å². The van der Waals surface area contributed by atoms with Crippen molar-refractivity contribution in [2.45, 2.75) is 38.4 Å². The number of pyridine rings is 1. The highest BCUT2D eigenvalue weighted by molar-refractivity contribution is 5.91. The lowest BCUT2D eigenvalue weighted by molar-refractivity contribution is -0.143. The number of likely N-dealkylation sites (tertiary alicyclic amines) is 1. The van der Waals surface area contributed by atoms with E-state index in [9.17, 15) is 18.0 Å². The van der Waals surface area contributed by atoms with Crippen LogP contribution in [0.4, 0.5) is 35.3 Å². The van der Waals surface area contributed by atoms with Crippen molar-refractivity contribution in [3.05, 3.63) is 35.9 Å². The zero-order valence-electron chi connectivity index (χ0n) is 21.6. The molecule has 0 spiro atoms. The van der Waals surface area contributed by atoms with Crippen LogP contribution in [0.2, 0.25) is 0 Å². The highest BCUT2D eigenvalue weighted by atomic mass is 19.4. The van der Waals surface area contributed by atoms with Crippen LogP contribution in [0, 0.1) is 12.8 Å². The average molecular weight is 533 g/mol. The molecule has 8 nitrogen and oxygen atoms in total. The number of carbonyl (C=O) groups excluding carboxylic acids is 1. The third-order valence-electron chi connectivity index (χ3n) is 7.58. The Hall–Kier alpha value is -3.05. The molecule has 5 rings (SSSR count). The molecule has 3 saturated heterocycles. The SMILES string of the molecule is Cc1ccc(NC(=O)N2CC[C@@H](CC(F)(F)F)C2)cc1-c1cc(N2CCOCC2)nc(N2CC[C@H](N)C2)c1. The smallest absolute Gasteiger partial charge is 0.378 e. The molecule has 2 amide bonds. The van der Waals surface area contributed by atoms with Crippen molar-refractivity contribution < 1.29 is 22.7 Å². The summed E-state index contributed by atoms with van der Waals surface area (Å²) in [5, 5.41) is 2.89. The summed E-state index contributed by atoms with van der Waals surface area (Å²) in [6.45, 7) is 6.86. The first-order valence-corrected chi connectivity index (χ1v) is 13.2. The van der Waals surface area contributed by atoms with Gasteiger partial charge in [0.1, 0.15) is 11.6 Å². The van der Waals surface area contributed by atoms with Gasteiger partial charge in [-0.05, 0) is 66.6 Å². The molecular weight excluding hydrogens is 497 g/mol. The van der Waals surface area contributed by atoms with Gasteiger partial charge in [0, 0.05) is 57.4 Å². The number of ether oxygens (including phenoxy) is 1. The zero-order valence-corrected chi connectivity index (χ0v) is 21.6. The van der Waals surface area contributed by atoms with Crippen molar-refractivity contribution in [3.63, 3.8) is 0 Å². The third kappa shape index (κ3) is 6.32. The summed E-state index contributed by atoms with van der Waals surface area (Å²) in [7, 11) is 0. The standard InChI is InChI=1S/C27H35F3N6O2/c1-18-2-3-22(32-26(37)36-6-4-19(16-36)15-27(28,29)30)14-23(18)20-12-24(34-8-10-38-11-9-34)33-25(13-20)35-7-5-21(31)17-35/h2-3,12-14,19,21H,4-11,15-17,31H2,1H3,(H,32,37)/t19-,21-/m0/s1. The Balaban J connectivity index is 1.38. The number of amides is 2. The topological polar surface area (TPSA) is 87.0 Å². The Morgan fingerprint density at radius 3 is 2.47 bits per heavy atom. The van der Waals surface area contributed by atoms with Crippen molar-refractivity contribution in [3.8, 4) is 11.1 Å². The molecule has 2 aromatic rings. The molecule has 1 aromatic heterocycles. The fraction of sp³-hybridized carbons (Fsp3) is 0.556. The first-order chi connectivity index (χ1) is 18.1. The Bertz CT molecular complexity index is 1130. The van der Waals surface area contributed by atoms with Crippen LogP contribution in [-0.4, -0.2) is 80.6 Å². The monoisotopic (exact) mass is 532 g/mol. The molecule has 3 aliphatic rings. The number of aryl methyl sites for hydroxylation is 1. The number of nitrogens with two attached hydrogens (primary N) is 1. The average Bonchev–Trinajstić information content (AvgIpc) is 3.53. The number of urea groups is 1. The quantitative estimate of drug-likeness (QED) is 0.599. The molecule has 3 fully saturated rings. The Morgan fingerprint density at radius 2 is 1.79 bits per heavy atom. The lowest BCUT2D eigenvalue weighted by Gasteiger charge is -2.29. The number of aromatic nitrogens is 1. The summed E-state index contributed by atoms with van der Waals surface area (Å²) >= 11 is 0. The van der Waals surface area contributed by atoms with E-state index in [1.54, 1.807) is 0 Å². The van der Waals surface area contributed by atoms with Gasteiger partial charge in [-0.1, -0.05) is 6.07 Å². The highest BCUT2D eigenvalue weighted by Crippen LogP contribution is 2.34. The molecule has 206 valence electrons. The van der Waals surface area contributed by atoms with E-state index in [0.717, 1.165) is 60.9 Å². The number of morpholine rings is 1. The number of nitrogens with one attached hydrogen (secondary N) is 1. The molecule has 2 atom stereocenters. The van der Waals surface area contributed by atoms with Crippen LogP contribution in [0.15, 0.2) is 30.3 Å². The summed E-state index contributed by atoms with van der Waals surface area (Å²) in [5.74, 6) is 1.20. The van der Waals surface area contributed by atoms with Crippen molar-refractivity contribution in [1.82, 2.24) is 9.88 Å². The van der Waals surface area contributed by atoms with Crippen LogP contribution in [0.25, 0.3) is 11.1 Å². The second-order valence-corrected chi connectivity index (χ2v) is 10.5. The van der Waals surface area contributed by atoms with Crippen LogP contribution in [0.1, 0.15) is 24.8 Å². The molecule has 38 heavy (non-hydrogen) atoms. The van der Waals surface area contributed by atoms with Crippen molar-refractivity contribution in [2.75, 3.05) is 67.6 Å². The minimum Gasteiger partial charge on any atom is -0.378 e. The first-order valence-electron chi connectivity index (χ1n) is 13.2. The summed E-state index contributed by atoms with van der Waals surface area (Å²) in [6.07, 6.45) is -3.80. The second-order valence-electron chi connectivity index (χ2n) is 10.5. The molecular formula is C27H35F3N6O2. The second kappa shape index (κ2) is 11.0. The number of hydrogen-bond donors (Lipinski definition) is 2. The number of carbonyl (C=O) groups is 1. The van der Waals surface area contributed by atoms with Crippen LogP contribution in [0.5, 0.6) is 0 Å². The number of nitrogens with zero attached hydrogens (tertiary/aromatic N) is 4. The predicted octanol–water partition coefficient (Wildman–Crippen LogP) is 4.24. The largest absolute Gasteiger partial charge is 0.389 e. The van der Waals surface area contributed by atoms with Gasteiger partial charge in [-0.3, -0.25) is 0 Å². The van der Waals surface area contributed by atoms with E-state index in [-0.39, 0.29) is 18.6 Å². The Labute approximate surface area is 220 Å². The van der Waals surface area contributed by atoms with E-state index in [2.05, 4.69) is 27.2 Å². The predicted molar refractivity (Wildman–Crippen MR) is 142 cm³/mol. The van der Waals surface area contributed by atoms with E-state index < -0.39 is 18.5 Å². The van der Waals surface area contributed by atoms with Gasteiger partial charge in [0.25, 0.3) is 0 Å². The normalized spacial score (nSPS) is 22.3. The number of anilines is 3. The van der Waals surface area contributed by atoms with Gasteiger partial charge < -0.3 is 30.5 Å². The van der Waals surface area contributed by atoms with Gasteiger partial charge in [-0.2, -0.15) is 13.2 Å². The van der Waals surface area contributed by atoms with E-state index in [4.69, 9.17) is 15.5 Å². The Morgan fingerprint density at radius 1 is 1.05 bits per heavy atom. The molecule has 0 saturated carbocycles. The molecule has 11 heteroatoms. The Kier molecular flexibility index (Phi) is 7.67. The first kappa shape index (κ1) is 26.6. The van der Waals surface area contributed by atoms with Crippen molar-refractivity contribution in [2.24, 2.45) is 11.7 Å². The van der Waals surface area contributed by atoms with Gasteiger partial charge in [-0.25, -0.2) is 9.78 Å². The molecule has 3 N–H and O–H groups in total. The summed E-state index contributed by atoms with van der Waals surface area (Å²) < 4.78 is 43.9. The fourth-order valence-corrected chi connectivity index (χ4v) is 5.49. The lowest BCUT2D eigenvalue weighted by atomic mass is 10.00. The summed E-state index contributed by atoms with van der Waals surface area (Å²) in [5.41, 5.74) is 9.76.